The average molecular weight is 469 g/mol. The van der Waals surface area contributed by atoms with Gasteiger partial charge in [0.1, 0.15) is 0 Å². The van der Waals surface area contributed by atoms with Crippen LogP contribution >= 0.6 is 0 Å². The van der Waals surface area contributed by atoms with Crippen LogP contribution in [-0.4, -0.2) is 60.6 Å². The maximum absolute atomic E-state index is 13.3. The van der Waals surface area contributed by atoms with Gasteiger partial charge in [0.25, 0.3) is 5.91 Å². The van der Waals surface area contributed by atoms with Gasteiger partial charge in [0, 0.05) is 63.6 Å². The van der Waals surface area contributed by atoms with E-state index < -0.39 is 10.0 Å². The maximum Gasteiger partial charge on any atom is 0.253 e. The van der Waals surface area contributed by atoms with E-state index >= 15 is 0 Å². The van der Waals surface area contributed by atoms with Crippen molar-refractivity contribution < 1.29 is 13.2 Å². The Morgan fingerprint density at radius 2 is 1.88 bits per heavy atom. The topological polar surface area (TPSA) is 100 Å². The molecule has 3 heterocycles. The summed E-state index contributed by atoms with van der Waals surface area (Å²) in [5.74, 6) is 0.296. The third-order valence-electron chi connectivity index (χ3n) is 5.72. The highest BCUT2D eigenvalue weighted by molar-refractivity contribution is 7.89. The van der Waals surface area contributed by atoms with Crippen molar-refractivity contribution >= 4 is 21.6 Å². The second kappa shape index (κ2) is 9.72. The minimum absolute atomic E-state index is 0.0945. The van der Waals surface area contributed by atoms with Crippen LogP contribution in [-0.2, 0) is 16.6 Å². The summed E-state index contributed by atoms with van der Waals surface area (Å²) in [5, 5.41) is 7.18. The molecule has 1 N–H and O–H groups in total. The first kappa shape index (κ1) is 22.9. The normalized spacial score (nSPS) is 14.5. The molecule has 1 aliphatic rings. The molecule has 0 spiro atoms. The Morgan fingerprint density at radius 1 is 1.09 bits per heavy atom. The summed E-state index contributed by atoms with van der Waals surface area (Å²) in [6.45, 7) is 1.91. The third kappa shape index (κ3) is 4.91. The zero-order valence-electron chi connectivity index (χ0n) is 18.8. The SMILES string of the molecule is CN(C)S(=O)(=O)c1ccc(N2CCCCC2)c(C(=O)NCc2cccnc2-n2cccn2)c1. The Hall–Kier alpha value is -3.24. The number of amides is 1. The predicted octanol–water partition coefficient (Wildman–Crippen LogP) is 2.44. The van der Waals surface area contributed by atoms with Gasteiger partial charge in [0.05, 0.1) is 10.5 Å². The molecule has 4 rings (SSSR count). The van der Waals surface area contributed by atoms with Crippen molar-refractivity contribution in [3.8, 4) is 5.82 Å². The lowest BCUT2D eigenvalue weighted by Crippen LogP contribution is -2.33. The van der Waals surface area contributed by atoms with E-state index in [4.69, 9.17) is 0 Å². The van der Waals surface area contributed by atoms with Crippen LogP contribution in [0.3, 0.4) is 0 Å². The lowest BCUT2D eigenvalue weighted by Gasteiger charge is -2.30. The zero-order chi connectivity index (χ0) is 23.4. The Morgan fingerprint density at radius 3 is 2.58 bits per heavy atom. The summed E-state index contributed by atoms with van der Waals surface area (Å²) in [6, 6.07) is 10.3. The third-order valence-corrected chi connectivity index (χ3v) is 7.53. The Labute approximate surface area is 194 Å². The van der Waals surface area contributed by atoms with Crippen molar-refractivity contribution in [1.29, 1.82) is 0 Å². The van der Waals surface area contributed by atoms with Gasteiger partial charge in [-0.15, -0.1) is 0 Å². The van der Waals surface area contributed by atoms with E-state index in [-0.39, 0.29) is 17.3 Å². The quantitative estimate of drug-likeness (QED) is 0.572. The van der Waals surface area contributed by atoms with Crippen LogP contribution in [0.25, 0.3) is 5.82 Å². The number of aromatic nitrogens is 3. The van der Waals surface area contributed by atoms with Gasteiger partial charge < -0.3 is 10.2 Å². The maximum atomic E-state index is 13.3. The second-order valence-electron chi connectivity index (χ2n) is 8.13. The van der Waals surface area contributed by atoms with E-state index in [1.54, 1.807) is 47.5 Å². The molecular formula is C23H28N6O3S. The van der Waals surface area contributed by atoms with E-state index in [2.05, 4.69) is 20.3 Å². The van der Waals surface area contributed by atoms with Gasteiger partial charge in [-0.05, 0) is 49.6 Å². The number of anilines is 1. The van der Waals surface area contributed by atoms with Crippen molar-refractivity contribution in [2.45, 2.75) is 30.7 Å². The van der Waals surface area contributed by atoms with Crippen molar-refractivity contribution in [3.63, 3.8) is 0 Å². The molecular weight excluding hydrogens is 440 g/mol. The number of sulfonamides is 1. The summed E-state index contributed by atoms with van der Waals surface area (Å²) < 4.78 is 28.2. The minimum Gasteiger partial charge on any atom is -0.371 e. The van der Waals surface area contributed by atoms with Gasteiger partial charge in [-0.2, -0.15) is 5.10 Å². The van der Waals surface area contributed by atoms with Crippen molar-refractivity contribution in [1.82, 2.24) is 24.4 Å². The smallest absolute Gasteiger partial charge is 0.253 e. The van der Waals surface area contributed by atoms with Crippen molar-refractivity contribution in [2.75, 3.05) is 32.1 Å². The fourth-order valence-electron chi connectivity index (χ4n) is 3.92. The fraction of sp³-hybridized carbons (Fsp3) is 0.348. The molecule has 1 saturated heterocycles. The molecule has 3 aromatic rings. The van der Waals surface area contributed by atoms with Gasteiger partial charge >= 0.3 is 0 Å². The van der Waals surface area contributed by atoms with Crippen molar-refractivity contribution in [2.24, 2.45) is 0 Å². The Bertz CT molecular complexity index is 1220. The van der Waals surface area contributed by atoms with Gasteiger partial charge in [0.2, 0.25) is 10.0 Å². The number of hydrogen-bond donors (Lipinski definition) is 1. The van der Waals surface area contributed by atoms with Crippen LogP contribution in [0.2, 0.25) is 0 Å². The predicted molar refractivity (Wildman–Crippen MR) is 126 cm³/mol. The molecule has 2 aromatic heterocycles. The van der Waals surface area contributed by atoms with Crippen LogP contribution in [0, 0.1) is 0 Å². The molecule has 0 unspecified atom stereocenters. The summed E-state index contributed by atoms with van der Waals surface area (Å²) in [7, 11) is -0.713. The van der Waals surface area contributed by atoms with Crippen LogP contribution in [0.15, 0.2) is 59.9 Å². The van der Waals surface area contributed by atoms with E-state index in [9.17, 15) is 13.2 Å². The highest BCUT2D eigenvalue weighted by Crippen LogP contribution is 2.28. The molecule has 1 aliphatic heterocycles. The number of nitrogens with zero attached hydrogens (tertiary/aromatic N) is 5. The molecule has 0 bridgehead atoms. The summed E-state index contributed by atoms with van der Waals surface area (Å²) in [6.07, 6.45) is 8.37. The Kier molecular flexibility index (Phi) is 6.75. The second-order valence-corrected chi connectivity index (χ2v) is 10.3. The molecule has 0 aliphatic carbocycles. The van der Waals surface area contributed by atoms with Crippen molar-refractivity contribution in [3.05, 3.63) is 66.1 Å². The van der Waals surface area contributed by atoms with Crippen LogP contribution in [0.1, 0.15) is 35.2 Å². The van der Waals surface area contributed by atoms with Gasteiger partial charge in [-0.3, -0.25) is 4.79 Å². The largest absolute Gasteiger partial charge is 0.371 e. The molecule has 10 heteroatoms. The molecule has 0 atom stereocenters. The highest BCUT2D eigenvalue weighted by Gasteiger charge is 2.24. The average Bonchev–Trinajstić information content (AvgIpc) is 3.37. The van der Waals surface area contributed by atoms with Gasteiger partial charge in [-0.1, -0.05) is 6.07 Å². The minimum atomic E-state index is -3.67. The number of piperidine rings is 1. The monoisotopic (exact) mass is 468 g/mol. The highest BCUT2D eigenvalue weighted by atomic mass is 32.2. The van der Waals surface area contributed by atoms with E-state index in [1.165, 1.54) is 20.2 Å². The lowest BCUT2D eigenvalue weighted by molar-refractivity contribution is 0.0951. The first-order chi connectivity index (χ1) is 15.9. The number of carbonyl (C=O) groups excluding carboxylic acids is 1. The molecule has 0 radical (unpaired) electrons. The molecule has 9 nitrogen and oxygen atoms in total. The number of nitrogens with one attached hydrogen (secondary N) is 1. The van der Waals surface area contributed by atoms with Crippen LogP contribution in [0.4, 0.5) is 5.69 Å². The summed E-state index contributed by atoms with van der Waals surface area (Å²) in [5.41, 5.74) is 1.90. The summed E-state index contributed by atoms with van der Waals surface area (Å²) >= 11 is 0. The molecule has 1 amide bonds. The number of benzene rings is 1. The van der Waals surface area contributed by atoms with E-state index in [0.29, 0.717) is 11.4 Å². The fourth-order valence-corrected chi connectivity index (χ4v) is 4.85. The molecule has 1 fully saturated rings. The molecule has 174 valence electrons. The van der Waals surface area contributed by atoms with Gasteiger partial charge in [-0.25, -0.2) is 22.4 Å². The number of carbonyl (C=O) groups is 1. The molecule has 33 heavy (non-hydrogen) atoms. The summed E-state index contributed by atoms with van der Waals surface area (Å²) in [4.78, 5) is 20.0. The Balaban J connectivity index is 1.64. The van der Waals surface area contributed by atoms with E-state index in [0.717, 1.165) is 47.9 Å². The first-order valence-electron chi connectivity index (χ1n) is 10.9. The molecule has 1 aromatic carbocycles. The molecule has 0 saturated carbocycles. The van der Waals surface area contributed by atoms with Crippen LogP contribution in [0.5, 0.6) is 0 Å². The first-order valence-corrected chi connectivity index (χ1v) is 12.4. The number of rotatable bonds is 7. The standard InChI is InChI=1S/C23H28N6O3S/c1-27(2)33(31,32)19-9-10-21(28-13-4-3-5-14-28)20(16-19)23(30)25-17-18-8-6-11-24-22(18)29-15-7-12-26-29/h6-12,15-16H,3-5,13-14,17H2,1-2H3,(H,25,30). The van der Waals surface area contributed by atoms with Gasteiger partial charge in [0.15, 0.2) is 5.82 Å². The zero-order valence-corrected chi connectivity index (χ0v) is 19.6. The number of hydrogen-bond acceptors (Lipinski definition) is 6. The van der Waals surface area contributed by atoms with E-state index in [1.807, 2.05) is 6.07 Å². The number of pyridine rings is 1. The lowest BCUT2D eigenvalue weighted by atomic mass is 10.1. The van der Waals surface area contributed by atoms with Crippen LogP contribution < -0.4 is 10.2 Å².